The van der Waals surface area contributed by atoms with Gasteiger partial charge in [0.25, 0.3) is 5.91 Å². The molecule has 1 fully saturated rings. The van der Waals surface area contributed by atoms with Gasteiger partial charge < -0.3 is 14.3 Å². The molecule has 1 aromatic carbocycles. The zero-order valence-corrected chi connectivity index (χ0v) is 11.5. The van der Waals surface area contributed by atoms with Crippen LogP contribution in [0.15, 0.2) is 41.1 Å². The van der Waals surface area contributed by atoms with Crippen LogP contribution in [-0.4, -0.2) is 54.1 Å². The van der Waals surface area contributed by atoms with Gasteiger partial charge in [0.05, 0.1) is 0 Å². The van der Waals surface area contributed by atoms with E-state index in [1.807, 2.05) is 35.2 Å². The molecule has 1 aliphatic heterocycles. The Hall–Kier alpha value is -2.14. The Kier molecular flexibility index (Phi) is 3.52. The van der Waals surface area contributed by atoms with Crippen LogP contribution in [0.4, 0.5) is 0 Å². The van der Waals surface area contributed by atoms with Crippen LogP contribution >= 0.6 is 0 Å². The van der Waals surface area contributed by atoms with Crippen molar-refractivity contribution in [2.75, 3.05) is 33.2 Å². The van der Waals surface area contributed by atoms with Gasteiger partial charge in [0.1, 0.15) is 17.5 Å². The minimum absolute atomic E-state index is 0.00166. The van der Waals surface area contributed by atoms with Crippen molar-refractivity contribution in [2.24, 2.45) is 0 Å². The van der Waals surface area contributed by atoms with Crippen molar-refractivity contribution in [3.05, 3.63) is 42.2 Å². The summed E-state index contributed by atoms with van der Waals surface area (Å²) in [5.74, 6) is -0.00166. The minimum Gasteiger partial charge on any atom is -0.363 e. The monoisotopic (exact) mass is 271 g/mol. The van der Waals surface area contributed by atoms with Crippen LogP contribution < -0.4 is 0 Å². The molecule has 1 aromatic heterocycles. The maximum absolute atomic E-state index is 12.6. The fourth-order valence-corrected chi connectivity index (χ4v) is 2.37. The van der Waals surface area contributed by atoms with Crippen LogP contribution in [0.1, 0.15) is 10.4 Å². The standard InChI is InChI=1S/C15H17N3O2/c1-17-7-9-18(10-8-17)15(19)13-11-20-16-14(13)12-5-3-2-4-6-12/h2-6,11H,7-10H2,1H3. The van der Waals surface area contributed by atoms with Crippen LogP contribution in [-0.2, 0) is 0 Å². The first-order valence-electron chi connectivity index (χ1n) is 6.73. The second kappa shape index (κ2) is 5.46. The molecule has 0 bridgehead atoms. The fraction of sp³-hybridized carbons (Fsp3) is 0.333. The Bertz CT molecular complexity index is 586. The molecule has 0 radical (unpaired) electrons. The van der Waals surface area contributed by atoms with Gasteiger partial charge in [-0.05, 0) is 7.05 Å². The van der Waals surface area contributed by atoms with E-state index in [1.54, 1.807) is 0 Å². The number of hydrogen-bond donors (Lipinski definition) is 0. The van der Waals surface area contributed by atoms with Crippen molar-refractivity contribution in [2.45, 2.75) is 0 Å². The van der Waals surface area contributed by atoms with E-state index >= 15 is 0 Å². The number of carbonyl (C=O) groups excluding carboxylic acids is 1. The van der Waals surface area contributed by atoms with E-state index in [-0.39, 0.29) is 5.91 Å². The second-order valence-electron chi connectivity index (χ2n) is 5.04. The number of nitrogens with zero attached hydrogens (tertiary/aromatic N) is 3. The average Bonchev–Trinajstić information content (AvgIpc) is 2.97. The topological polar surface area (TPSA) is 49.6 Å². The van der Waals surface area contributed by atoms with Gasteiger partial charge in [0.15, 0.2) is 0 Å². The van der Waals surface area contributed by atoms with E-state index in [9.17, 15) is 4.79 Å². The lowest BCUT2D eigenvalue weighted by atomic mass is 10.1. The van der Waals surface area contributed by atoms with Crippen molar-refractivity contribution in [1.29, 1.82) is 0 Å². The first-order chi connectivity index (χ1) is 9.75. The molecule has 3 rings (SSSR count). The van der Waals surface area contributed by atoms with E-state index in [4.69, 9.17) is 4.52 Å². The van der Waals surface area contributed by atoms with Gasteiger partial charge in [0, 0.05) is 31.7 Å². The number of likely N-dealkylation sites (N-methyl/N-ethyl adjacent to an activating group) is 1. The Morgan fingerprint density at radius 1 is 1.15 bits per heavy atom. The smallest absolute Gasteiger partial charge is 0.259 e. The maximum Gasteiger partial charge on any atom is 0.259 e. The van der Waals surface area contributed by atoms with Gasteiger partial charge in [-0.1, -0.05) is 35.5 Å². The average molecular weight is 271 g/mol. The summed E-state index contributed by atoms with van der Waals surface area (Å²) < 4.78 is 5.03. The molecule has 5 heteroatoms. The van der Waals surface area contributed by atoms with Gasteiger partial charge in [-0.2, -0.15) is 0 Å². The Balaban J connectivity index is 1.85. The van der Waals surface area contributed by atoms with E-state index in [1.165, 1.54) is 6.26 Å². The summed E-state index contributed by atoms with van der Waals surface area (Å²) >= 11 is 0. The predicted molar refractivity (Wildman–Crippen MR) is 75.3 cm³/mol. The molecule has 20 heavy (non-hydrogen) atoms. The number of carbonyl (C=O) groups is 1. The quantitative estimate of drug-likeness (QED) is 0.834. The third kappa shape index (κ3) is 2.44. The van der Waals surface area contributed by atoms with Gasteiger partial charge >= 0.3 is 0 Å². The summed E-state index contributed by atoms with van der Waals surface area (Å²) in [5.41, 5.74) is 2.06. The van der Waals surface area contributed by atoms with E-state index in [0.717, 1.165) is 31.7 Å². The van der Waals surface area contributed by atoms with Crippen LogP contribution in [0.5, 0.6) is 0 Å². The summed E-state index contributed by atoms with van der Waals surface area (Å²) in [4.78, 5) is 16.6. The lowest BCUT2D eigenvalue weighted by Crippen LogP contribution is -2.47. The van der Waals surface area contributed by atoms with Crippen molar-refractivity contribution in [1.82, 2.24) is 15.0 Å². The Morgan fingerprint density at radius 3 is 2.55 bits per heavy atom. The maximum atomic E-state index is 12.6. The molecule has 0 saturated carbocycles. The highest BCUT2D eigenvalue weighted by Crippen LogP contribution is 2.23. The van der Waals surface area contributed by atoms with Gasteiger partial charge in [-0.15, -0.1) is 0 Å². The molecule has 0 unspecified atom stereocenters. The normalized spacial score (nSPS) is 16.4. The highest BCUT2D eigenvalue weighted by atomic mass is 16.5. The number of rotatable bonds is 2. The van der Waals surface area contributed by atoms with Gasteiger partial charge in [-0.3, -0.25) is 4.79 Å². The summed E-state index contributed by atoms with van der Waals surface area (Å²) in [6.07, 6.45) is 1.45. The van der Waals surface area contributed by atoms with Crippen LogP contribution in [0, 0.1) is 0 Å². The van der Waals surface area contributed by atoms with Crippen molar-refractivity contribution in [3.8, 4) is 11.3 Å². The largest absolute Gasteiger partial charge is 0.363 e. The molecule has 0 atom stereocenters. The number of hydrogen-bond acceptors (Lipinski definition) is 4. The second-order valence-corrected chi connectivity index (χ2v) is 5.04. The summed E-state index contributed by atoms with van der Waals surface area (Å²) in [5, 5.41) is 3.98. The highest BCUT2D eigenvalue weighted by Gasteiger charge is 2.25. The Morgan fingerprint density at radius 2 is 1.85 bits per heavy atom. The fourth-order valence-electron chi connectivity index (χ4n) is 2.37. The number of benzene rings is 1. The molecule has 1 saturated heterocycles. The van der Waals surface area contributed by atoms with E-state index in [2.05, 4.69) is 17.1 Å². The highest BCUT2D eigenvalue weighted by molar-refractivity contribution is 5.99. The van der Waals surface area contributed by atoms with Gasteiger partial charge in [0.2, 0.25) is 0 Å². The molecule has 2 heterocycles. The lowest BCUT2D eigenvalue weighted by Gasteiger charge is -2.32. The number of piperazine rings is 1. The molecule has 1 amide bonds. The Labute approximate surface area is 117 Å². The molecular weight excluding hydrogens is 254 g/mol. The van der Waals surface area contributed by atoms with Crippen LogP contribution in [0.2, 0.25) is 0 Å². The van der Waals surface area contributed by atoms with E-state index in [0.29, 0.717) is 11.3 Å². The zero-order chi connectivity index (χ0) is 13.9. The van der Waals surface area contributed by atoms with E-state index < -0.39 is 0 Å². The van der Waals surface area contributed by atoms with Crippen molar-refractivity contribution < 1.29 is 9.32 Å². The third-order valence-corrected chi connectivity index (χ3v) is 3.64. The van der Waals surface area contributed by atoms with Gasteiger partial charge in [-0.25, -0.2) is 0 Å². The summed E-state index contributed by atoms with van der Waals surface area (Å²) in [6.45, 7) is 3.29. The van der Waals surface area contributed by atoms with Crippen LogP contribution in [0.3, 0.4) is 0 Å². The third-order valence-electron chi connectivity index (χ3n) is 3.64. The lowest BCUT2D eigenvalue weighted by molar-refractivity contribution is 0.0664. The molecule has 104 valence electrons. The first kappa shape index (κ1) is 12.9. The first-order valence-corrected chi connectivity index (χ1v) is 6.73. The number of aromatic nitrogens is 1. The predicted octanol–water partition coefficient (Wildman–Crippen LogP) is 1.73. The van der Waals surface area contributed by atoms with Crippen molar-refractivity contribution in [3.63, 3.8) is 0 Å². The summed E-state index contributed by atoms with van der Waals surface area (Å²) in [6, 6.07) is 9.64. The van der Waals surface area contributed by atoms with Crippen LogP contribution in [0.25, 0.3) is 11.3 Å². The summed E-state index contributed by atoms with van der Waals surface area (Å²) in [7, 11) is 2.07. The number of amides is 1. The molecule has 1 aliphatic rings. The molecule has 2 aromatic rings. The minimum atomic E-state index is -0.00166. The SMILES string of the molecule is CN1CCN(C(=O)c2conc2-c2ccccc2)CC1. The molecule has 5 nitrogen and oxygen atoms in total. The molecule has 0 aliphatic carbocycles. The molecule has 0 spiro atoms. The molecular formula is C15H17N3O2. The zero-order valence-electron chi connectivity index (χ0n) is 11.5. The van der Waals surface area contributed by atoms with Crippen molar-refractivity contribution >= 4 is 5.91 Å². The molecule has 0 N–H and O–H groups in total.